The number of aromatic nitrogens is 5. The topological polar surface area (TPSA) is 180 Å². The molecule has 6 heterocycles. The summed E-state index contributed by atoms with van der Waals surface area (Å²) in [5.41, 5.74) is 14.5. The van der Waals surface area contributed by atoms with Crippen molar-refractivity contribution in [3.63, 3.8) is 0 Å². The van der Waals surface area contributed by atoms with E-state index in [1.807, 2.05) is 10.3 Å². The van der Waals surface area contributed by atoms with Crippen LogP contribution in [0.5, 0.6) is 0 Å². The molecular weight excluding hydrogens is 578 g/mol. The van der Waals surface area contributed by atoms with Crippen molar-refractivity contribution in [2.75, 3.05) is 36.5 Å². The predicted octanol–water partition coefficient (Wildman–Crippen LogP) is 2.62. The Kier molecular flexibility index (Phi) is 7.09. The van der Waals surface area contributed by atoms with Gasteiger partial charge in [0.05, 0.1) is 28.8 Å². The number of carbonyl (C=O) groups is 1. The molecule has 5 aromatic rings. The number of ether oxygens (including phenoxy) is 1. The van der Waals surface area contributed by atoms with Gasteiger partial charge in [-0.05, 0) is 12.8 Å². The van der Waals surface area contributed by atoms with Gasteiger partial charge in [0.1, 0.15) is 16.6 Å². The summed E-state index contributed by atoms with van der Waals surface area (Å²) in [5, 5.41) is 14.3. The zero-order valence-electron chi connectivity index (χ0n) is 22.6. The van der Waals surface area contributed by atoms with Gasteiger partial charge in [-0.1, -0.05) is 12.8 Å². The molecule has 1 saturated carbocycles. The number of fused-ring (bicyclic) bond motifs is 2. The number of anilines is 2. The number of morpholine rings is 1. The van der Waals surface area contributed by atoms with E-state index in [1.54, 1.807) is 16.7 Å². The molecule has 5 N–H and O–H groups in total. The van der Waals surface area contributed by atoms with E-state index in [-0.39, 0.29) is 29.5 Å². The number of primary amides is 1. The Morgan fingerprint density at radius 3 is 2.86 bits per heavy atom. The standard InChI is InChI=1S/C27H29N9O4S2/c28-15-3-1-2-4-16(15)32-27-33-17(22(25(29)38)26-34-31-13-36(26)27)9-20-30-11-19(42-20)14-12-41-24-18(37)10-21(40-23(14)24)35-5-7-39-8-6-35/h10-13,15-16H,1-9,28H2,(H2,29,38)(H,32,33)/t15-,16+/m1/s1. The SMILES string of the molecule is NC(=O)c1c(Cc2ncc(-c3csc4c(=O)cc(N5CCOCC5)oc34)s2)nc(N[C@H]2CCCC[C@H]2N)n2cnnc12. The van der Waals surface area contributed by atoms with E-state index in [0.29, 0.717) is 59.8 Å². The summed E-state index contributed by atoms with van der Waals surface area (Å²) in [6.07, 6.45) is 7.55. The van der Waals surface area contributed by atoms with Crippen molar-refractivity contribution in [3.8, 4) is 10.4 Å². The molecule has 1 saturated heterocycles. The van der Waals surface area contributed by atoms with Gasteiger partial charge in [-0.2, -0.15) is 0 Å². The molecule has 13 nitrogen and oxygen atoms in total. The molecule has 0 spiro atoms. The molecule has 2 atom stereocenters. The molecule has 15 heteroatoms. The number of nitrogens with two attached hydrogens (primary N) is 2. The minimum atomic E-state index is -0.644. The maximum atomic E-state index is 12.9. The van der Waals surface area contributed by atoms with E-state index in [1.165, 1.54) is 29.0 Å². The molecule has 1 aliphatic carbocycles. The van der Waals surface area contributed by atoms with E-state index in [9.17, 15) is 9.59 Å². The highest BCUT2D eigenvalue weighted by Crippen LogP contribution is 2.38. The van der Waals surface area contributed by atoms with Crippen molar-refractivity contribution in [2.45, 2.75) is 44.2 Å². The van der Waals surface area contributed by atoms with Crippen molar-refractivity contribution in [3.05, 3.63) is 50.5 Å². The lowest BCUT2D eigenvalue weighted by molar-refractivity contribution is 0.1000. The molecular formula is C27H29N9O4S2. The smallest absolute Gasteiger partial charge is 0.254 e. The quantitative estimate of drug-likeness (QED) is 0.247. The van der Waals surface area contributed by atoms with Gasteiger partial charge >= 0.3 is 0 Å². The number of nitrogens with zero attached hydrogens (tertiary/aromatic N) is 6. The number of hydrogen-bond donors (Lipinski definition) is 3. The summed E-state index contributed by atoms with van der Waals surface area (Å²) in [6, 6.07) is 1.59. The normalized spacial score (nSPS) is 19.5. The van der Waals surface area contributed by atoms with E-state index >= 15 is 0 Å². The number of rotatable bonds is 7. The van der Waals surface area contributed by atoms with Gasteiger partial charge in [-0.15, -0.1) is 32.9 Å². The first-order valence-corrected chi connectivity index (χ1v) is 15.5. The van der Waals surface area contributed by atoms with Gasteiger partial charge in [0, 0.05) is 54.8 Å². The van der Waals surface area contributed by atoms with E-state index in [0.717, 1.165) is 41.1 Å². The van der Waals surface area contributed by atoms with Crippen LogP contribution in [-0.4, -0.2) is 68.9 Å². The zero-order chi connectivity index (χ0) is 28.8. The minimum absolute atomic E-state index is 0.00267. The van der Waals surface area contributed by atoms with Crippen molar-refractivity contribution in [1.82, 2.24) is 24.6 Å². The van der Waals surface area contributed by atoms with Crippen LogP contribution in [0.1, 0.15) is 46.7 Å². The number of carbonyl (C=O) groups excluding carboxylic acids is 1. The third-order valence-electron chi connectivity index (χ3n) is 7.80. The lowest BCUT2D eigenvalue weighted by Crippen LogP contribution is -2.43. The lowest BCUT2D eigenvalue weighted by atomic mass is 9.91. The zero-order valence-corrected chi connectivity index (χ0v) is 24.2. The van der Waals surface area contributed by atoms with Crippen LogP contribution in [0.3, 0.4) is 0 Å². The fraction of sp³-hybridized carbons (Fsp3) is 0.407. The van der Waals surface area contributed by atoms with Gasteiger partial charge in [0.2, 0.25) is 11.4 Å². The molecule has 2 aliphatic rings. The molecule has 1 aliphatic heterocycles. The summed E-state index contributed by atoms with van der Waals surface area (Å²) in [4.78, 5) is 37.8. The molecule has 0 aromatic carbocycles. The van der Waals surface area contributed by atoms with Crippen LogP contribution in [0, 0.1) is 0 Å². The van der Waals surface area contributed by atoms with E-state index < -0.39 is 5.91 Å². The molecule has 5 aromatic heterocycles. The highest BCUT2D eigenvalue weighted by molar-refractivity contribution is 7.19. The van der Waals surface area contributed by atoms with Gasteiger partial charge in [0.15, 0.2) is 17.1 Å². The third-order valence-corrected chi connectivity index (χ3v) is 9.81. The van der Waals surface area contributed by atoms with Gasteiger partial charge < -0.3 is 30.8 Å². The molecule has 7 rings (SSSR count). The molecule has 218 valence electrons. The van der Waals surface area contributed by atoms with Crippen LogP contribution in [-0.2, 0) is 11.2 Å². The van der Waals surface area contributed by atoms with Crippen molar-refractivity contribution < 1.29 is 13.9 Å². The first-order valence-electron chi connectivity index (χ1n) is 13.8. The maximum Gasteiger partial charge on any atom is 0.254 e. The second kappa shape index (κ2) is 11.1. The fourth-order valence-corrected chi connectivity index (χ4v) is 7.53. The maximum absolute atomic E-state index is 12.9. The van der Waals surface area contributed by atoms with E-state index in [4.69, 9.17) is 25.6 Å². The van der Waals surface area contributed by atoms with Crippen LogP contribution >= 0.6 is 22.7 Å². The van der Waals surface area contributed by atoms with Crippen LogP contribution < -0.4 is 27.1 Å². The summed E-state index contributed by atoms with van der Waals surface area (Å²) in [7, 11) is 0. The van der Waals surface area contributed by atoms with Crippen LogP contribution in [0.15, 0.2) is 33.2 Å². The summed E-state index contributed by atoms with van der Waals surface area (Å²) in [6.45, 7) is 2.49. The Bertz CT molecular complexity index is 1840. The Morgan fingerprint density at radius 2 is 2.05 bits per heavy atom. The number of amides is 1. The minimum Gasteiger partial charge on any atom is -0.439 e. The Morgan fingerprint density at radius 1 is 1.21 bits per heavy atom. The molecule has 0 unspecified atom stereocenters. The Labute approximate surface area is 247 Å². The summed E-state index contributed by atoms with van der Waals surface area (Å²) < 4.78 is 13.9. The second-order valence-electron chi connectivity index (χ2n) is 10.5. The Balaban J connectivity index is 1.23. The van der Waals surface area contributed by atoms with Crippen molar-refractivity contribution in [1.29, 1.82) is 0 Å². The van der Waals surface area contributed by atoms with Crippen LogP contribution in [0.25, 0.3) is 26.4 Å². The number of thiophene rings is 1. The second-order valence-corrected chi connectivity index (χ2v) is 12.5. The predicted molar refractivity (Wildman–Crippen MR) is 160 cm³/mol. The fourth-order valence-electron chi connectivity index (χ4n) is 5.61. The molecule has 1 amide bonds. The Hall–Kier alpha value is -3.92. The van der Waals surface area contributed by atoms with E-state index in [2.05, 4.69) is 20.5 Å². The monoisotopic (exact) mass is 607 g/mol. The lowest BCUT2D eigenvalue weighted by Gasteiger charge is -2.30. The van der Waals surface area contributed by atoms with Gasteiger partial charge in [-0.3, -0.25) is 14.0 Å². The summed E-state index contributed by atoms with van der Waals surface area (Å²) >= 11 is 2.79. The van der Waals surface area contributed by atoms with Crippen LogP contribution in [0.2, 0.25) is 0 Å². The van der Waals surface area contributed by atoms with Gasteiger partial charge in [0.25, 0.3) is 5.91 Å². The van der Waals surface area contributed by atoms with Crippen molar-refractivity contribution >= 4 is 56.3 Å². The number of hydrogen-bond acceptors (Lipinski definition) is 13. The average molecular weight is 608 g/mol. The molecule has 0 bridgehead atoms. The largest absolute Gasteiger partial charge is 0.439 e. The number of thiazole rings is 1. The summed E-state index contributed by atoms with van der Waals surface area (Å²) in [5.74, 6) is 0.402. The third kappa shape index (κ3) is 4.91. The molecule has 2 fully saturated rings. The number of nitrogens with one attached hydrogen (secondary N) is 1. The van der Waals surface area contributed by atoms with Crippen LogP contribution in [0.4, 0.5) is 11.8 Å². The average Bonchev–Trinajstić information content (AvgIpc) is 3.75. The highest BCUT2D eigenvalue weighted by atomic mass is 32.1. The first-order chi connectivity index (χ1) is 20.5. The molecule has 42 heavy (non-hydrogen) atoms. The molecule has 0 radical (unpaired) electrons. The highest BCUT2D eigenvalue weighted by Gasteiger charge is 2.26. The van der Waals surface area contributed by atoms with Crippen molar-refractivity contribution in [2.24, 2.45) is 11.5 Å². The van der Waals surface area contributed by atoms with Gasteiger partial charge in [-0.25, -0.2) is 9.97 Å². The first kappa shape index (κ1) is 26.9.